The topological polar surface area (TPSA) is 207 Å². The van der Waals surface area contributed by atoms with Gasteiger partial charge in [0.25, 0.3) is 23.1 Å². The van der Waals surface area contributed by atoms with Crippen molar-refractivity contribution in [2.24, 2.45) is 5.92 Å². The highest BCUT2D eigenvalue weighted by atomic mass is 35.5. The zero-order valence-electron chi connectivity index (χ0n) is 36.5. The number of hydrogen-bond donors (Lipinski definition) is 3. The molecule has 2 aromatic carbocycles. The van der Waals surface area contributed by atoms with Crippen LogP contribution in [0.1, 0.15) is 71.8 Å². The van der Waals surface area contributed by atoms with Crippen molar-refractivity contribution in [3.8, 4) is 23.0 Å². The third kappa shape index (κ3) is 10.9. The van der Waals surface area contributed by atoms with E-state index in [1.165, 1.54) is 13.8 Å². The summed E-state index contributed by atoms with van der Waals surface area (Å²) in [5.41, 5.74) is -6.24. The van der Waals surface area contributed by atoms with E-state index in [4.69, 9.17) is 16.7 Å². The van der Waals surface area contributed by atoms with Crippen molar-refractivity contribution in [1.29, 1.82) is 0 Å². The number of halogens is 11. The molecule has 0 spiro atoms. The Morgan fingerprint density at radius 3 is 2.25 bits per heavy atom. The first kappa shape index (κ1) is 52.5. The third-order valence-electron chi connectivity index (χ3n) is 11.5. The minimum atomic E-state index is -5.22. The average Bonchev–Trinajstić information content (AvgIpc) is 3.75. The van der Waals surface area contributed by atoms with E-state index in [-0.39, 0.29) is 42.8 Å². The summed E-state index contributed by atoms with van der Waals surface area (Å²) in [7, 11) is -3.90. The van der Waals surface area contributed by atoms with Gasteiger partial charge in [0, 0.05) is 52.5 Å². The van der Waals surface area contributed by atoms with E-state index < -0.39 is 157 Å². The van der Waals surface area contributed by atoms with Gasteiger partial charge in [0.1, 0.15) is 40.9 Å². The molecule has 2 unspecified atom stereocenters. The molecular formula is C43H34ClF10N7O8S2. The zero-order chi connectivity index (χ0) is 52.5. The first-order valence-corrected chi connectivity index (χ1v) is 23.7. The molecule has 0 radical (unpaired) electrons. The summed E-state index contributed by atoms with van der Waals surface area (Å²) in [4.78, 5) is 42.6. The number of hydrogen-bond acceptors (Lipinski definition) is 9. The number of aromatic nitrogens is 5. The van der Waals surface area contributed by atoms with E-state index in [1.54, 1.807) is 0 Å². The number of carboxylic acid groups (broad SMARTS) is 1. The molecule has 1 saturated carbocycles. The predicted octanol–water partition coefficient (Wildman–Crippen LogP) is 7.40. The molecule has 2 amide bonds. The van der Waals surface area contributed by atoms with Gasteiger partial charge in [-0.05, 0) is 74.4 Å². The highest BCUT2D eigenvalue weighted by Crippen LogP contribution is 2.68. The Balaban J connectivity index is 1.46. The number of nitrogens with zero attached hydrogens (tertiary/aromatic N) is 6. The number of pyridine rings is 1. The average molecular weight is 1070 g/mol. The number of alkyl halides is 8. The zero-order valence-corrected chi connectivity index (χ0v) is 38.9. The molecule has 0 aliphatic heterocycles. The summed E-state index contributed by atoms with van der Waals surface area (Å²) >= 11 is 3.31. The van der Waals surface area contributed by atoms with Crippen LogP contribution in [-0.2, 0) is 73.6 Å². The Labute approximate surface area is 402 Å². The van der Waals surface area contributed by atoms with Crippen LogP contribution in [0.25, 0.3) is 22.0 Å². The van der Waals surface area contributed by atoms with Gasteiger partial charge in [-0.1, -0.05) is 23.6 Å². The monoisotopic (exact) mass is 1070 g/mol. The van der Waals surface area contributed by atoms with E-state index in [9.17, 15) is 66.7 Å². The van der Waals surface area contributed by atoms with Crippen molar-refractivity contribution >= 4 is 61.4 Å². The van der Waals surface area contributed by atoms with E-state index in [0.717, 1.165) is 42.7 Å². The largest absolute Gasteiger partial charge is 0.478 e. The Morgan fingerprint density at radius 2 is 1.66 bits per heavy atom. The molecule has 378 valence electrons. The Bertz CT molecular complexity index is 3250. The highest BCUT2D eigenvalue weighted by molar-refractivity contribution is 7.92. The quantitative estimate of drug-likeness (QED) is 0.0432. The van der Waals surface area contributed by atoms with Gasteiger partial charge >= 0.3 is 18.3 Å². The van der Waals surface area contributed by atoms with Crippen LogP contribution in [0.3, 0.4) is 0 Å². The van der Waals surface area contributed by atoms with Crippen LogP contribution in [0.4, 0.5) is 43.9 Å². The molecule has 3 heterocycles. The number of aliphatic carboxylic acids is 1. The van der Waals surface area contributed by atoms with Crippen LogP contribution in [0.15, 0.2) is 54.6 Å². The van der Waals surface area contributed by atoms with Gasteiger partial charge in [0.15, 0.2) is 15.5 Å². The van der Waals surface area contributed by atoms with Crippen LogP contribution < -0.4 is 5.32 Å². The number of nitrogens with one attached hydrogen (secondary N) is 1. The second-order valence-corrected chi connectivity index (χ2v) is 20.8. The van der Waals surface area contributed by atoms with Crippen molar-refractivity contribution in [3.05, 3.63) is 111 Å². The number of benzene rings is 2. The minimum absolute atomic E-state index is 0.121. The molecule has 15 nitrogen and oxygen atoms in total. The maximum atomic E-state index is 15.5. The molecule has 0 saturated heterocycles. The summed E-state index contributed by atoms with van der Waals surface area (Å²) in [6, 6.07) is 4.86. The van der Waals surface area contributed by atoms with Crippen LogP contribution in [-0.4, -0.2) is 86.1 Å². The van der Waals surface area contributed by atoms with Crippen LogP contribution >= 0.6 is 11.6 Å². The first-order valence-electron chi connectivity index (χ1n) is 20.4. The molecule has 2 aliphatic rings. The van der Waals surface area contributed by atoms with Gasteiger partial charge in [-0.25, -0.2) is 35.5 Å². The van der Waals surface area contributed by atoms with E-state index in [2.05, 4.69) is 32.3 Å². The lowest BCUT2D eigenvalue weighted by Gasteiger charge is -2.23. The highest BCUT2D eigenvalue weighted by Gasteiger charge is 2.68. The SMILES string of the molecule is CC(C)(C#Cc1ccc(-c2ccc(Cl)c3c(CN(C(=O)/C=C/C(=O)O)S(=O)O)nn(CC(F)(F)F)c23)c(C(Cc2cc(F)cc(F)c2)NC(=O)Cn2nc(C(F)(F)F)c3c2C(F)(F)[C@@H]2C[C@H]32)n1)S(C)(=O)=O. The van der Waals surface area contributed by atoms with Crippen molar-refractivity contribution in [2.45, 2.75) is 81.3 Å². The van der Waals surface area contributed by atoms with Crippen LogP contribution in [0.5, 0.6) is 0 Å². The molecule has 4 atom stereocenters. The molecule has 3 aromatic heterocycles. The summed E-state index contributed by atoms with van der Waals surface area (Å²) < 4.78 is 193. The summed E-state index contributed by atoms with van der Waals surface area (Å²) in [6.07, 6.45) is -9.72. The van der Waals surface area contributed by atoms with Gasteiger partial charge in [-0.15, -0.1) is 0 Å². The van der Waals surface area contributed by atoms with Gasteiger partial charge in [0.2, 0.25) is 5.91 Å². The molecular weight excluding hydrogens is 1030 g/mol. The van der Waals surface area contributed by atoms with Gasteiger partial charge in [-0.3, -0.25) is 23.5 Å². The molecule has 0 bridgehead atoms. The standard InChI is InChI=1S/C43H34ClF10N7O8S2/c1-40(2,71(3,68)69)11-10-23-4-5-24(25-6-7-28(44)35-30(57-60(37(25)35)19-41(47,48)49)17-61(70(66)67)32(63)8-9-33(64)65)36(55-23)29(14-20-12-21(45)15-22(46)13-20)56-31(62)18-59-39-34(38(58-59)43(52,53)54)26-16-27(26)42(39,50)51/h4-9,12-13,15,26-27,29H,14,16-19H2,1-3H3,(H,56,62)(H,64,65)(H,66,67)/b9-8+/t26-,27+,29?/m0/s1. The summed E-state index contributed by atoms with van der Waals surface area (Å²) in [5, 5.41) is 18.0. The van der Waals surface area contributed by atoms with E-state index in [0.29, 0.717) is 22.9 Å². The molecule has 1 fully saturated rings. The normalized spacial score (nSPS) is 17.3. The molecule has 28 heteroatoms. The van der Waals surface area contributed by atoms with Crippen molar-refractivity contribution in [1.82, 2.24) is 34.2 Å². The maximum Gasteiger partial charge on any atom is 0.435 e. The Kier molecular flexibility index (Phi) is 13.8. The van der Waals surface area contributed by atoms with Gasteiger partial charge < -0.3 is 10.4 Å². The summed E-state index contributed by atoms with van der Waals surface area (Å²) in [6.45, 7) is -1.83. The molecule has 7 rings (SSSR count). The predicted molar refractivity (Wildman–Crippen MR) is 231 cm³/mol. The Hall–Kier alpha value is -6.37. The van der Waals surface area contributed by atoms with E-state index >= 15 is 8.78 Å². The number of rotatable bonds is 14. The fraction of sp³-hybridized carbons (Fsp3) is 0.349. The lowest BCUT2D eigenvalue weighted by molar-refractivity contribution is -0.143. The summed E-state index contributed by atoms with van der Waals surface area (Å²) in [5.74, 6) is -8.14. The fourth-order valence-corrected chi connectivity index (χ4v) is 8.98. The smallest absolute Gasteiger partial charge is 0.435 e. The van der Waals surface area contributed by atoms with Crippen LogP contribution in [0, 0.1) is 29.4 Å². The Morgan fingerprint density at radius 1 is 1.01 bits per heavy atom. The van der Waals surface area contributed by atoms with E-state index in [1.807, 2.05) is 0 Å². The maximum absolute atomic E-state index is 15.5. The number of carbonyl (C=O) groups is 3. The minimum Gasteiger partial charge on any atom is -0.478 e. The van der Waals surface area contributed by atoms with Crippen molar-refractivity contribution in [2.75, 3.05) is 6.26 Å². The second-order valence-electron chi connectivity index (χ2n) is 16.9. The second kappa shape index (κ2) is 18.7. The fourth-order valence-electron chi connectivity index (χ4n) is 8.03. The number of amides is 2. The number of carboxylic acids is 1. The first-order chi connectivity index (χ1) is 32.8. The molecule has 71 heavy (non-hydrogen) atoms. The number of fused-ring (bicyclic) bond motifs is 4. The van der Waals surface area contributed by atoms with Crippen molar-refractivity contribution in [3.63, 3.8) is 0 Å². The molecule has 5 aromatic rings. The molecule has 3 N–H and O–H groups in total. The lowest BCUT2D eigenvalue weighted by Crippen LogP contribution is -2.35. The number of sulfone groups is 1. The third-order valence-corrected chi connectivity index (χ3v) is 14.5. The van der Waals surface area contributed by atoms with Crippen molar-refractivity contribution < 1.29 is 80.6 Å². The molecule has 2 aliphatic carbocycles. The van der Waals surface area contributed by atoms with Gasteiger partial charge in [-0.2, -0.15) is 45.3 Å². The van der Waals surface area contributed by atoms with Crippen LogP contribution in [0.2, 0.25) is 5.02 Å². The lowest BCUT2D eigenvalue weighted by atomic mass is 9.93. The number of carbonyl (C=O) groups excluding carboxylic acids is 2. The van der Waals surface area contributed by atoms with Gasteiger partial charge in [0.05, 0.1) is 34.5 Å².